The third-order valence-electron chi connectivity index (χ3n) is 14.0. The second-order valence-electron chi connectivity index (χ2n) is 20.8. The molecule has 19 heteroatoms. The molecule has 8 rings (SSSR count). The van der Waals surface area contributed by atoms with E-state index in [9.17, 15) is 58.7 Å². The van der Waals surface area contributed by atoms with E-state index in [1.807, 2.05) is 134 Å². The number of aliphatic hydroxyl groups is 3. The summed E-state index contributed by atoms with van der Waals surface area (Å²) in [4.78, 5) is 53.9. The zero-order valence-corrected chi connectivity index (χ0v) is 52.5. The molecule has 0 unspecified atom stereocenters. The number of hydrogen-bond acceptors (Lipinski definition) is 11. The molecular formula is C66H67CaF2N4NaO11. The second-order valence-corrected chi connectivity index (χ2v) is 20.8. The molecule has 0 saturated carbocycles. The molecule has 0 aliphatic rings. The maximum atomic E-state index is 14.1. The van der Waals surface area contributed by atoms with Crippen molar-refractivity contribution in [3.8, 4) is 44.8 Å². The van der Waals surface area contributed by atoms with Crippen LogP contribution in [0.25, 0.3) is 44.8 Å². The summed E-state index contributed by atoms with van der Waals surface area (Å²) in [5.41, 5.74) is 9.28. The average Bonchev–Trinajstić information content (AvgIpc) is 1.75. The normalized spacial score (nSPS) is 12.4. The maximum Gasteiger partial charge on any atom is 2.00 e. The number of halogens is 2. The Balaban J connectivity index is 0.000000304. The Bertz CT molecular complexity index is 3430. The van der Waals surface area contributed by atoms with Crippen LogP contribution in [0.4, 0.5) is 20.2 Å². The Morgan fingerprint density at radius 1 is 0.494 bits per heavy atom. The van der Waals surface area contributed by atoms with Crippen molar-refractivity contribution >= 4 is 72.9 Å². The summed E-state index contributed by atoms with van der Waals surface area (Å²) < 4.78 is 32.0. The van der Waals surface area contributed by atoms with Gasteiger partial charge in [0, 0.05) is 71.8 Å². The van der Waals surface area contributed by atoms with Crippen molar-refractivity contribution in [1.82, 2.24) is 9.13 Å². The number of para-hydroxylation sites is 2. The van der Waals surface area contributed by atoms with Gasteiger partial charge in [0.15, 0.2) is 0 Å². The number of aliphatic hydroxyl groups excluding tert-OH is 3. The fraction of sp³-hybridized carbons (Fsp3) is 0.273. The zero-order valence-electron chi connectivity index (χ0n) is 48.3. The van der Waals surface area contributed by atoms with E-state index in [0.29, 0.717) is 61.8 Å². The van der Waals surface area contributed by atoms with E-state index in [2.05, 4.69) is 15.5 Å². The van der Waals surface area contributed by atoms with Crippen LogP contribution in [0.5, 0.6) is 0 Å². The van der Waals surface area contributed by atoms with Crippen molar-refractivity contribution in [3.05, 3.63) is 204 Å². The van der Waals surface area contributed by atoms with E-state index < -0.39 is 60.8 Å². The number of aliphatic carboxylic acids is 2. The fourth-order valence-electron chi connectivity index (χ4n) is 10.4. The van der Waals surface area contributed by atoms with Crippen molar-refractivity contribution < 1.29 is 93.2 Å². The van der Waals surface area contributed by atoms with Crippen molar-refractivity contribution in [2.75, 3.05) is 10.6 Å². The van der Waals surface area contributed by atoms with Crippen LogP contribution in [0.1, 0.15) is 110 Å². The molecule has 0 fully saturated rings. The molecule has 0 bridgehead atoms. The Morgan fingerprint density at radius 2 is 0.835 bits per heavy atom. The van der Waals surface area contributed by atoms with Crippen LogP contribution in [0.3, 0.4) is 0 Å². The van der Waals surface area contributed by atoms with Crippen molar-refractivity contribution in [2.45, 2.75) is 116 Å². The summed E-state index contributed by atoms with van der Waals surface area (Å²) in [6.45, 7) is 8.37. The van der Waals surface area contributed by atoms with Crippen molar-refractivity contribution in [3.63, 3.8) is 0 Å². The largest absolute Gasteiger partial charge is 2.00 e. The minimum absolute atomic E-state index is 0. The monoisotopic (exact) mass is 1190 g/mol. The van der Waals surface area contributed by atoms with Crippen molar-refractivity contribution in [1.29, 1.82) is 0 Å². The van der Waals surface area contributed by atoms with Gasteiger partial charge < -0.3 is 65.0 Å². The smallest absolute Gasteiger partial charge is 0.723 e. The van der Waals surface area contributed by atoms with Gasteiger partial charge in [-0.05, 0) is 133 Å². The number of amides is 2. The molecule has 2 aromatic heterocycles. The van der Waals surface area contributed by atoms with E-state index in [4.69, 9.17) is 0 Å². The van der Waals surface area contributed by atoms with Crippen LogP contribution in [-0.2, 0) is 27.6 Å². The van der Waals surface area contributed by atoms with Gasteiger partial charge in [-0.15, -0.1) is 0 Å². The molecule has 4 atom stereocenters. The number of carboxylic acids is 2. The summed E-state index contributed by atoms with van der Waals surface area (Å²) in [5, 5.41) is 70.4. The van der Waals surface area contributed by atoms with Gasteiger partial charge in [0.2, 0.25) is 0 Å². The Labute approximate surface area is 545 Å². The molecule has 5 N–H and O–H groups in total. The molecule has 85 heavy (non-hydrogen) atoms. The molecule has 0 aliphatic heterocycles. The predicted molar refractivity (Wildman–Crippen MR) is 314 cm³/mol. The molecule has 0 spiro atoms. The van der Waals surface area contributed by atoms with Crippen LogP contribution in [0.2, 0.25) is 0 Å². The Morgan fingerprint density at radius 3 is 1.16 bits per heavy atom. The molecule has 0 aliphatic carbocycles. The van der Waals surface area contributed by atoms with Gasteiger partial charge in [0.1, 0.15) is 11.6 Å². The molecular weight excluding hydrogens is 1130 g/mol. The van der Waals surface area contributed by atoms with E-state index in [-0.39, 0.29) is 130 Å². The Kier molecular flexibility index (Phi) is 27.4. The second kappa shape index (κ2) is 33.5. The van der Waals surface area contributed by atoms with Gasteiger partial charge in [0.25, 0.3) is 11.8 Å². The molecule has 434 valence electrons. The van der Waals surface area contributed by atoms with Gasteiger partial charge in [-0.3, -0.25) is 9.59 Å². The summed E-state index contributed by atoms with van der Waals surface area (Å²) >= 11 is 0. The van der Waals surface area contributed by atoms with Crippen LogP contribution in [0.15, 0.2) is 170 Å². The van der Waals surface area contributed by atoms with Gasteiger partial charge in [-0.2, -0.15) is 0 Å². The first-order valence-corrected chi connectivity index (χ1v) is 27.5. The summed E-state index contributed by atoms with van der Waals surface area (Å²) in [6, 6.07) is 49.2. The van der Waals surface area contributed by atoms with E-state index in [1.165, 1.54) is 24.3 Å². The first-order valence-electron chi connectivity index (χ1n) is 27.5. The number of hydrogen-bond donors (Lipinski definition) is 5. The van der Waals surface area contributed by atoms with E-state index in [0.717, 1.165) is 16.8 Å². The van der Waals surface area contributed by atoms with Crippen LogP contribution in [0, 0.1) is 11.6 Å². The minimum Gasteiger partial charge on any atom is -0.723 e. The summed E-state index contributed by atoms with van der Waals surface area (Å²) in [5.74, 6) is -4.53. The molecule has 0 radical (unpaired) electrons. The maximum absolute atomic E-state index is 14.1. The van der Waals surface area contributed by atoms with Gasteiger partial charge in [0.05, 0.1) is 46.9 Å². The van der Waals surface area contributed by atoms with E-state index >= 15 is 0 Å². The Hall–Kier alpha value is -6.32. The van der Waals surface area contributed by atoms with E-state index in [1.54, 1.807) is 48.5 Å². The fourth-order valence-corrected chi connectivity index (χ4v) is 10.4. The number of carbonyl (C=O) groups excluding carboxylic acids is 4. The number of rotatable bonds is 25. The minimum atomic E-state index is -1.45. The first kappa shape index (κ1) is 69.5. The van der Waals surface area contributed by atoms with Gasteiger partial charge in [-0.1, -0.05) is 125 Å². The molecule has 15 nitrogen and oxygen atoms in total. The number of carbonyl (C=O) groups is 4. The quantitative estimate of drug-likeness (QED) is 0.0257. The van der Waals surface area contributed by atoms with Crippen LogP contribution >= 0.6 is 0 Å². The number of carboxylic acid groups (broad SMARTS) is 2. The SMILES string of the molecule is CC(C)c1c(C(=O)Nc2ccccc2)c(-c2ccccc2)c(-c2ccc(F)cc2)n1CC[C@@H](O)C[C@H](CC(=O)[O-])O[O-].CC(C)c1c(C(=O)Nc2ccccc2)c(-c2ccccc2)c(-c2ccc(F)cc2)n1CC[C@H](O)C[C@@H](O)CC(=O)[O-].[Ca+2].[Na+]. The standard InChI is InChI=1S/C33H35FN2O6.C33H35FN2O5.Ca.Na/c1-21(2)31-30(33(40)35-25-11-7-4-8-12-25)29(22-9-5-3-6-10-22)32(23-13-15-24(34)16-14-23)36(31)18-17-26(37)19-27(42-41)20-28(38)39;1-21(2)31-30(33(41)35-25-11-7-4-8-12-25)29(22-9-5-3-6-10-22)32(23-13-15-24(34)16-14-23)36(31)18-17-26(37)19-27(38)20-28(39)40;;/h3-16,21,26-27,37,41H,17-20H2,1-2H3,(H,35,40)(H,38,39);3-16,21,26-27,37-38H,17-20H2,1-2H3,(H,35,41)(H,39,40);;/q;;+2;+1/p-3/t26-,27-;26-,27+;;/m10../s1. The molecule has 0 saturated heterocycles. The molecule has 8 aromatic rings. The number of nitrogens with zero attached hydrogens (tertiary/aromatic N) is 2. The number of nitrogens with one attached hydrogen (secondary N) is 2. The third kappa shape index (κ3) is 18.8. The number of anilines is 2. The van der Waals surface area contributed by atoms with Crippen LogP contribution in [-0.4, -0.2) is 110 Å². The number of benzene rings is 6. The summed E-state index contributed by atoms with van der Waals surface area (Å²) in [6.07, 6.45) is -5.80. The van der Waals surface area contributed by atoms with Crippen LogP contribution < -0.4 is 55.7 Å². The number of aromatic nitrogens is 2. The first-order chi connectivity index (χ1) is 39.8. The topological polar surface area (TPSA) is 241 Å². The molecule has 2 amide bonds. The average molecular weight is 1190 g/mol. The van der Waals surface area contributed by atoms with Gasteiger partial charge >= 0.3 is 67.3 Å². The third-order valence-corrected chi connectivity index (χ3v) is 14.0. The zero-order chi connectivity index (χ0) is 59.7. The molecule has 2 heterocycles. The van der Waals surface area contributed by atoms with Crippen molar-refractivity contribution in [2.24, 2.45) is 0 Å². The molecule has 6 aromatic carbocycles. The summed E-state index contributed by atoms with van der Waals surface area (Å²) in [7, 11) is 0. The predicted octanol–water partition coefficient (Wildman–Crippen LogP) is 5.88. The van der Waals surface area contributed by atoms with Gasteiger partial charge in [-0.25, -0.2) is 8.78 Å².